The molecule has 1 aliphatic rings. The summed E-state index contributed by atoms with van der Waals surface area (Å²) in [7, 11) is 0. The predicted molar refractivity (Wildman–Crippen MR) is 39.7 cm³/mol. The molecule has 10 heavy (non-hydrogen) atoms. The van der Waals surface area contributed by atoms with Gasteiger partial charge in [-0.1, -0.05) is 0 Å². The number of aliphatic hydroxyl groups excluding tert-OH is 1. The molecule has 0 aliphatic carbocycles. The molecular formula is C6H15N3O. The summed E-state index contributed by atoms with van der Waals surface area (Å²) in [5, 5.41) is 15.5. The highest BCUT2D eigenvalue weighted by molar-refractivity contribution is 4.85. The van der Waals surface area contributed by atoms with E-state index in [0.29, 0.717) is 13.1 Å². The molecule has 60 valence electrons. The maximum Gasteiger partial charge on any atom is 0.0829 e. The van der Waals surface area contributed by atoms with Crippen molar-refractivity contribution in [1.82, 2.24) is 10.6 Å². The van der Waals surface area contributed by atoms with E-state index in [1.54, 1.807) is 0 Å². The van der Waals surface area contributed by atoms with Crippen LogP contribution in [0.1, 0.15) is 0 Å². The van der Waals surface area contributed by atoms with E-state index in [1.165, 1.54) is 0 Å². The van der Waals surface area contributed by atoms with Crippen molar-refractivity contribution in [3.8, 4) is 0 Å². The van der Waals surface area contributed by atoms with Crippen LogP contribution in [0, 0.1) is 0 Å². The zero-order chi connectivity index (χ0) is 7.40. The molecular weight excluding hydrogens is 130 g/mol. The van der Waals surface area contributed by atoms with Crippen molar-refractivity contribution >= 4 is 0 Å². The quantitative estimate of drug-likeness (QED) is 0.366. The normalized spacial score (nSPS) is 33.0. The molecule has 0 aromatic heterocycles. The molecule has 0 unspecified atom stereocenters. The second-order valence-electron chi connectivity index (χ2n) is 2.57. The maximum absolute atomic E-state index is 9.25. The van der Waals surface area contributed by atoms with E-state index in [2.05, 4.69) is 10.6 Å². The van der Waals surface area contributed by atoms with Gasteiger partial charge in [-0.15, -0.1) is 0 Å². The van der Waals surface area contributed by atoms with Crippen molar-refractivity contribution in [2.45, 2.75) is 12.1 Å². The Morgan fingerprint density at radius 3 is 2.90 bits per heavy atom. The largest absolute Gasteiger partial charge is 0.390 e. The van der Waals surface area contributed by atoms with Gasteiger partial charge in [0.25, 0.3) is 0 Å². The van der Waals surface area contributed by atoms with E-state index in [1.807, 2.05) is 0 Å². The average Bonchev–Trinajstić information content (AvgIpc) is 2.31. The van der Waals surface area contributed by atoms with Crippen molar-refractivity contribution in [2.24, 2.45) is 5.73 Å². The molecule has 0 saturated carbocycles. The molecule has 0 radical (unpaired) electrons. The van der Waals surface area contributed by atoms with Gasteiger partial charge in [-0.05, 0) is 0 Å². The van der Waals surface area contributed by atoms with Crippen molar-refractivity contribution in [3.05, 3.63) is 0 Å². The Labute approximate surface area is 60.8 Å². The minimum absolute atomic E-state index is 0.198. The topological polar surface area (TPSA) is 70.3 Å². The van der Waals surface area contributed by atoms with Crippen molar-refractivity contribution in [1.29, 1.82) is 0 Å². The van der Waals surface area contributed by atoms with Crippen LogP contribution in [-0.4, -0.2) is 43.4 Å². The highest BCUT2D eigenvalue weighted by atomic mass is 16.3. The van der Waals surface area contributed by atoms with Crippen LogP contribution in [0.15, 0.2) is 0 Å². The molecule has 0 spiro atoms. The Kier molecular flexibility index (Phi) is 3.08. The zero-order valence-electron chi connectivity index (χ0n) is 6.01. The van der Waals surface area contributed by atoms with Gasteiger partial charge in [0.05, 0.1) is 6.10 Å². The Bertz CT molecular complexity index is 99.0. The fraction of sp³-hybridized carbons (Fsp3) is 1.00. The third-order valence-corrected chi connectivity index (χ3v) is 1.73. The molecule has 1 rings (SSSR count). The Morgan fingerprint density at radius 2 is 2.40 bits per heavy atom. The van der Waals surface area contributed by atoms with Gasteiger partial charge in [-0.25, -0.2) is 0 Å². The van der Waals surface area contributed by atoms with Gasteiger partial charge in [-0.3, -0.25) is 0 Å². The van der Waals surface area contributed by atoms with Crippen molar-refractivity contribution < 1.29 is 5.11 Å². The summed E-state index contributed by atoms with van der Waals surface area (Å²) in [5.74, 6) is 0. The van der Waals surface area contributed by atoms with Gasteiger partial charge in [0, 0.05) is 32.2 Å². The van der Waals surface area contributed by atoms with Gasteiger partial charge in [-0.2, -0.15) is 0 Å². The van der Waals surface area contributed by atoms with Crippen LogP contribution in [0.5, 0.6) is 0 Å². The van der Waals surface area contributed by atoms with Crippen molar-refractivity contribution in [3.63, 3.8) is 0 Å². The number of hydrogen-bond donors (Lipinski definition) is 4. The summed E-state index contributed by atoms with van der Waals surface area (Å²) in [4.78, 5) is 0. The minimum atomic E-state index is -0.244. The van der Waals surface area contributed by atoms with Gasteiger partial charge >= 0.3 is 0 Å². The first kappa shape index (κ1) is 7.94. The summed E-state index contributed by atoms with van der Waals surface area (Å²) < 4.78 is 0. The van der Waals surface area contributed by atoms with Crippen molar-refractivity contribution in [2.75, 3.05) is 26.2 Å². The second-order valence-corrected chi connectivity index (χ2v) is 2.57. The lowest BCUT2D eigenvalue weighted by Gasteiger charge is -2.13. The first-order valence-electron chi connectivity index (χ1n) is 3.67. The minimum Gasteiger partial charge on any atom is -0.390 e. The molecule has 1 saturated heterocycles. The lowest BCUT2D eigenvalue weighted by Crippen LogP contribution is -2.41. The number of aliphatic hydroxyl groups is 1. The number of hydrogen-bond acceptors (Lipinski definition) is 4. The van der Waals surface area contributed by atoms with Crippen LogP contribution in [-0.2, 0) is 0 Å². The smallest absolute Gasteiger partial charge is 0.0829 e. The summed E-state index contributed by atoms with van der Waals surface area (Å²) in [6, 6.07) is 0.198. The number of rotatable bonds is 3. The first-order chi connectivity index (χ1) is 4.84. The molecule has 2 atom stereocenters. The van der Waals surface area contributed by atoms with E-state index in [9.17, 15) is 5.11 Å². The van der Waals surface area contributed by atoms with E-state index < -0.39 is 0 Å². The molecule has 0 aromatic carbocycles. The Morgan fingerprint density at radius 1 is 1.60 bits per heavy atom. The molecule has 0 bridgehead atoms. The number of β-amino-alcohol motifs (C(OH)–C–C–N with tert-alkyl or cyclic N) is 1. The van der Waals surface area contributed by atoms with Gasteiger partial charge in [0.1, 0.15) is 0 Å². The number of nitrogens with one attached hydrogen (secondary N) is 2. The van der Waals surface area contributed by atoms with Crippen LogP contribution in [0.3, 0.4) is 0 Å². The summed E-state index contributed by atoms with van der Waals surface area (Å²) in [6.45, 7) is 2.95. The van der Waals surface area contributed by atoms with Crippen LogP contribution >= 0.6 is 0 Å². The fourth-order valence-corrected chi connectivity index (χ4v) is 1.14. The lowest BCUT2D eigenvalue weighted by atomic mass is 10.2. The number of nitrogens with two attached hydrogens (primary N) is 1. The third kappa shape index (κ3) is 1.91. The van der Waals surface area contributed by atoms with E-state index in [-0.39, 0.29) is 12.1 Å². The second kappa shape index (κ2) is 3.88. The Hall–Kier alpha value is -0.160. The summed E-state index contributed by atoms with van der Waals surface area (Å²) in [6.07, 6.45) is -0.244. The monoisotopic (exact) mass is 145 g/mol. The maximum atomic E-state index is 9.25. The van der Waals surface area contributed by atoms with Crippen LogP contribution in [0.4, 0.5) is 0 Å². The van der Waals surface area contributed by atoms with Crippen LogP contribution in [0.25, 0.3) is 0 Å². The predicted octanol–water partition coefficient (Wildman–Crippen LogP) is -2.13. The van der Waals surface area contributed by atoms with Crippen LogP contribution in [0.2, 0.25) is 0 Å². The molecule has 0 aromatic rings. The summed E-state index contributed by atoms with van der Waals surface area (Å²) >= 11 is 0. The van der Waals surface area contributed by atoms with Gasteiger partial charge in [0.15, 0.2) is 0 Å². The standard InChI is InChI=1S/C6H15N3O/c7-1-2-9-5-3-8-4-6(5)10/h5-6,8-10H,1-4,7H2/t5-,6-/m1/s1. The summed E-state index contributed by atoms with van der Waals surface area (Å²) in [5.41, 5.74) is 5.29. The van der Waals surface area contributed by atoms with E-state index in [0.717, 1.165) is 13.1 Å². The molecule has 0 amide bonds. The molecule has 1 aliphatic heterocycles. The van der Waals surface area contributed by atoms with Gasteiger partial charge in [0.2, 0.25) is 0 Å². The lowest BCUT2D eigenvalue weighted by molar-refractivity contribution is 0.164. The molecule has 4 heteroatoms. The average molecular weight is 145 g/mol. The zero-order valence-corrected chi connectivity index (χ0v) is 6.01. The highest BCUT2D eigenvalue weighted by Gasteiger charge is 2.23. The molecule has 4 nitrogen and oxygen atoms in total. The fourth-order valence-electron chi connectivity index (χ4n) is 1.14. The Balaban J connectivity index is 2.14. The first-order valence-corrected chi connectivity index (χ1v) is 3.67. The third-order valence-electron chi connectivity index (χ3n) is 1.73. The SMILES string of the molecule is NCCN[C@@H]1CNC[C@H]1O. The highest BCUT2D eigenvalue weighted by Crippen LogP contribution is 1.97. The van der Waals surface area contributed by atoms with Gasteiger partial charge < -0.3 is 21.5 Å². The molecule has 5 N–H and O–H groups in total. The molecule has 1 fully saturated rings. The van der Waals surface area contributed by atoms with E-state index in [4.69, 9.17) is 5.73 Å². The molecule has 1 heterocycles. The van der Waals surface area contributed by atoms with E-state index >= 15 is 0 Å². The van der Waals surface area contributed by atoms with Crippen LogP contribution < -0.4 is 16.4 Å².